The molecule has 1 aromatic carbocycles. The van der Waals surface area contributed by atoms with Crippen LogP contribution in [0.5, 0.6) is 11.5 Å². The molecule has 2 aliphatic heterocycles. The predicted molar refractivity (Wildman–Crippen MR) is 125 cm³/mol. The summed E-state index contributed by atoms with van der Waals surface area (Å²) < 4.78 is 34.2. The van der Waals surface area contributed by atoms with Gasteiger partial charge < -0.3 is 19.4 Å². The summed E-state index contributed by atoms with van der Waals surface area (Å²) in [5.41, 5.74) is 0.0284. The smallest absolute Gasteiger partial charge is 0.416 e. The zero-order valence-corrected chi connectivity index (χ0v) is 20.1. The van der Waals surface area contributed by atoms with Crippen molar-refractivity contribution in [3.05, 3.63) is 47.0 Å². The maximum atomic E-state index is 15.2. The minimum Gasteiger partial charge on any atom is -0.493 e. The van der Waals surface area contributed by atoms with Gasteiger partial charge in [-0.25, -0.2) is 9.18 Å². The summed E-state index contributed by atoms with van der Waals surface area (Å²) in [6, 6.07) is 4.27. The van der Waals surface area contributed by atoms with Crippen molar-refractivity contribution < 1.29 is 33.4 Å². The van der Waals surface area contributed by atoms with Crippen LogP contribution in [0.2, 0.25) is 0 Å². The average Bonchev–Trinajstić information content (AvgIpc) is 3.47. The second kappa shape index (κ2) is 8.47. The number of amides is 1. The van der Waals surface area contributed by atoms with Crippen LogP contribution in [-0.2, 0) is 11.3 Å². The van der Waals surface area contributed by atoms with Gasteiger partial charge in [0, 0.05) is 11.1 Å². The summed E-state index contributed by atoms with van der Waals surface area (Å²) in [4.78, 5) is 27.7. The number of Topliss-reactive ketones (excluding diaryl/α,β-unsaturated/α-hetero) is 1. The van der Waals surface area contributed by atoms with Gasteiger partial charge in [0.25, 0.3) is 0 Å². The molecule has 36 heavy (non-hydrogen) atoms. The van der Waals surface area contributed by atoms with Gasteiger partial charge >= 0.3 is 6.09 Å². The van der Waals surface area contributed by atoms with Crippen LogP contribution in [0, 0.1) is 5.82 Å². The van der Waals surface area contributed by atoms with E-state index in [4.69, 9.17) is 19.4 Å². The van der Waals surface area contributed by atoms with Crippen molar-refractivity contribution in [1.29, 1.82) is 0 Å². The molecule has 0 spiro atoms. The van der Waals surface area contributed by atoms with E-state index in [-0.39, 0.29) is 59.7 Å². The quantitative estimate of drug-likeness (QED) is 0.246. The average molecular weight is 497 g/mol. The molecule has 0 bridgehead atoms. The first-order valence-electron chi connectivity index (χ1n) is 11.3. The molecule has 1 unspecified atom stereocenters. The maximum Gasteiger partial charge on any atom is 0.416 e. The van der Waals surface area contributed by atoms with E-state index in [0.717, 1.165) is 0 Å². The molecule has 1 atom stereocenters. The third-order valence-electron chi connectivity index (χ3n) is 5.97. The molecule has 3 aromatic rings. The summed E-state index contributed by atoms with van der Waals surface area (Å²) in [6.45, 7) is 6.67. The Morgan fingerprint density at radius 2 is 1.94 bits per heavy atom. The fourth-order valence-corrected chi connectivity index (χ4v) is 4.38. The third-order valence-corrected chi connectivity index (χ3v) is 5.97. The number of anilines is 1. The van der Waals surface area contributed by atoms with E-state index >= 15 is 4.39 Å². The molecule has 2 aliphatic rings. The third kappa shape index (κ3) is 3.88. The van der Waals surface area contributed by atoms with E-state index in [2.05, 4.69) is 15.4 Å². The standard InChI is InChI=1S/C24H24FN5O6/c1-12(28-33)20(31)14-7-18-22(30-11-26-27-21(14)30)29(23(32)36-24(2,3)4)8-15-16(25)5-6-17-19(15)13(9-34-17)10-35-18/h5-7,11,13,33H,8-10H2,1-4H3/b28-12-. The fourth-order valence-electron chi connectivity index (χ4n) is 4.38. The topological polar surface area (TPSA) is 128 Å². The molecule has 11 nitrogen and oxygen atoms in total. The number of hydrogen-bond donors (Lipinski definition) is 1. The Hall–Kier alpha value is -4.22. The zero-order valence-electron chi connectivity index (χ0n) is 20.1. The normalized spacial score (nSPS) is 17.3. The lowest BCUT2D eigenvalue weighted by atomic mass is 9.95. The minimum atomic E-state index is -0.851. The molecule has 0 saturated heterocycles. The zero-order chi connectivity index (χ0) is 25.8. The molecule has 0 aliphatic carbocycles. The molecule has 0 fully saturated rings. The number of nitrogens with zero attached hydrogens (tertiary/aromatic N) is 5. The van der Waals surface area contributed by atoms with Gasteiger partial charge in [0.2, 0.25) is 5.78 Å². The number of hydrogen-bond acceptors (Lipinski definition) is 9. The molecule has 1 amide bonds. The number of benzene rings is 1. The van der Waals surface area contributed by atoms with E-state index in [1.54, 1.807) is 26.8 Å². The Labute approximate surface area is 205 Å². The number of ketones is 1. The van der Waals surface area contributed by atoms with Crippen LogP contribution in [0.25, 0.3) is 5.65 Å². The molecular weight excluding hydrogens is 473 g/mol. The number of carbonyl (C=O) groups excluding carboxylic acids is 2. The molecule has 5 rings (SSSR count). The SMILES string of the molecule is C/C(=N/O)C(=O)c1cc2c(n3cnnc13)N(C(=O)OC(C)(C)C)Cc1c(F)ccc3c1C(CO3)CO2. The van der Waals surface area contributed by atoms with Gasteiger partial charge in [0.15, 0.2) is 17.2 Å². The van der Waals surface area contributed by atoms with Gasteiger partial charge in [0.05, 0.1) is 31.2 Å². The molecular formula is C24H24FN5O6. The minimum absolute atomic E-state index is 0.0528. The lowest BCUT2D eigenvalue weighted by molar-refractivity contribution is 0.0574. The van der Waals surface area contributed by atoms with Crippen LogP contribution in [0.4, 0.5) is 15.0 Å². The summed E-state index contributed by atoms with van der Waals surface area (Å²) in [7, 11) is 0. The first-order valence-corrected chi connectivity index (χ1v) is 11.3. The van der Waals surface area contributed by atoms with Gasteiger partial charge in [-0.2, -0.15) is 0 Å². The highest BCUT2D eigenvalue weighted by molar-refractivity contribution is 6.46. The maximum absolute atomic E-state index is 15.2. The first-order chi connectivity index (χ1) is 17.1. The largest absolute Gasteiger partial charge is 0.493 e. The number of oxime groups is 1. The lowest BCUT2D eigenvalue weighted by Gasteiger charge is -2.29. The summed E-state index contributed by atoms with van der Waals surface area (Å²) in [6.07, 6.45) is 0.554. The van der Waals surface area contributed by atoms with Gasteiger partial charge in [-0.05, 0) is 45.9 Å². The van der Waals surface area contributed by atoms with Crippen molar-refractivity contribution in [3.8, 4) is 11.5 Å². The number of halogens is 1. The lowest BCUT2D eigenvalue weighted by Crippen LogP contribution is -2.38. The summed E-state index contributed by atoms with van der Waals surface area (Å²) in [5, 5.41) is 20.1. The molecule has 0 radical (unpaired) electrons. The Morgan fingerprint density at radius 3 is 2.64 bits per heavy atom. The highest BCUT2D eigenvalue weighted by atomic mass is 19.1. The van der Waals surface area contributed by atoms with Gasteiger partial charge in [-0.15, -0.1) is 10.2 Å². The van der Waals surface area contributed by atoms with Crippen LogP contribution < -0.4 is 14.4 Å². The van der Waals surface area contributed by atoms with Crippen molar-refractivity contribution in [2.24, 2.45) is 5.16 Å². The Kier molecular flexibility index (Phi) is 5.53. The summed E-state index contributed by atoms with van der Waals surface area (Å²) in [5.74, 6) is -0.584. The van der Waals surface area contributed by atoms with E-state index in [1.165, 1.54) is 34.7 Å². The van der Waals surface area contributed by atoms with E-state index in [9.17, 15) is 9.59 Å². The number of aromatic nitrogens is 3. The summed E-state index contributed by atoms with van der Waals surface area (Å²) >= 11 is 0. The van der Waals surface area contributed by atoms with Gasteiger partial charge in [0.1, 0.15) is 29.2 Å². The van der Waals surface area contributed by atoms with Crippen molar-refractivity contribution in [1.82, 2.24) is 14.6 Å². The molecule has 188 valence electrons. The van der Waals surface area contributed by atoms with Crippen LogP contribution in [0.1, 0.15) is 55.1 Å². The molecule has 1 N–H and O–H groups in total. The van der Waals surface area contributed by atoms with E-state index < -0.39 is 23.3 Å². The van der Waals surface area contributed by atoms with Crippen molar-refractivity contribution in [2.75, 3.05) is 18.1 Å². The number of ether oxygens (including phenoxy) is 3. The van der Waals surface area contributed by atoms with E-state index in [0.29, 0.717) is 11.3 Å². The van der Waals surface area contributed by atoms with Crippen LogP contribution in [0.15, 0.2) is 29.7 Å². The molecule has 2 aromatic heterocycles. The Bertz CT molecular complexity index is 1430. The number of pyridine rings is 1. The second-order valence-electron chi connectivity index (χ2n) is 9.61. The van der Waals surface area contributed by atoms with Gasteiger partial charge in [-0.1, -0.05) is 5.16 Å². The molecule has 12 heteroatoms. The second-order valence-corrected chi connectivity index (χ2v) is 9.61. The van der Waals surface area contributed by atoms with Crippen LogP contribution >= 0.6 is 0 Å². The molecule has 4 heterocycles. The van der Waals surface area contributed by atoms with Crippen molar-refractivity contribution in [2.45, 2.75) is 45.8 Å². The number of rotatable bonds is 2. The van der Waals surface area contributed by atoms with Crippen LogP contribution in [0.3, 0.4) is 0 Å². The number of carbonyl (C=O) groups is 2. The van der Waals surface area contributed by atoms with Crippen LogP contribution in [-0.4, -0.2) is 56.2 Å². The van der Waals surface area contributed by atoms with E-state index in [1.807, 2.05) is 0 Å². The first kappa shape index (κ1) is 23.5. The fraction of sp³-hybridized carbons (Fsp3) is 0.375. The highest BCUT2D eigenvalue weighted by Crippen LogP contribution is 2.43. The number of fused-ring (bicyclic) bond motifs is 3. The Morgan fingerprint density at radius 1 is 1.22 bits per heavy atom. The molecule has 0 saturated carbocycles. The Balaban J connectivity index is 1.77. The monoisotopic (exact) mass is 497 g/mol. The van der Waals surface area contributed by atoms with Crippen molar-refractivity contribution in [3.63, 3.8) is 0 Å². The highest BCUT2D eigenvalue weighted by Gasteiger charge is 2.37. The van der Waals surface area contributed by atoms with Gasteiger partial charge in [-0.3, -0.25) is 14.1 Å². The predicted octanol–water partition coefficient (Wildman–Crippen LogP) is 3.71. The van der Waals surface area contributed by atoms with Crippen molar-refractivity contribution >= 4 is 29.1 Å².